The number of hydrogen-bond acceptors (Lipinski definition) is 7. The molecule has 3 saturated carbocycles. The molecule has 4 N–H and O–H groups in total. The summed E-state index contributed by atoms with van der Waals surface area (Å²) in [5.74, 6) is -0.0424. The summed E-state index contributed by atoms with van der Waals surface area (Å²) >= 11 is 0. The minimum atomic E-state index is -0.955. The molecule has 5 rings (SSSR count). The Morgan fingerprint density at radius 2 is 2.05 bits per heavy atom. The number of aromatic amines is 1. The van der Waals surface area contributed by atoms with Crippen molar-refractivity contribution >= 4 is 23.4 Å². The molecule has 0 radical (unpaired) electrons. The van der Waals surface area contributed by atoms with Gasteiger partial charge in [0.05, 0.1) is 12.4 Å². The Kier molecular flexibility index (Phi) is 7.87. The maximum absolute atomic E-state index is 14.0. The van der Waals surface area contributed by atoms with E-state index in [4.69, 9.17) is 10.5 Å². The van der Waals surface area contributed by atoms with Crippen molar-refractivity contribution in [1.29, 1.82) is 0 Å². The number of fused-ring (bicyclic) bond motifs is 5. The van der Waals surface area contributed by atoms with Gasteiger partial charge in [-0.25, -0.2) is 9.78 Å². The SMILES string of the molecule is CCC(=O)[C@H]1[C@H](C)C[C@H]2[C@@H]3CCC4=CC(=O)C=C[C@]4(C)[C@H]3[C@@H](OC(=O)C(Cc3cnc[nH]3)NC(=O)C(C)N)C[C@@]21C. The minimum absolute atomic E-state index is 0.00792. The number of carbonyl (C=O) groups excluding carboxylic acids is 4. The first-order valence-electron chi connectivity index (χ1n) is 15.1. The van der Waals surface area contributed by atoms with Gasteiger partial charge in [0.25, 0.3) is 0 Å². The molecule has 222 valence electrons. The molecule has 0 aromatic carbocycles. The van der Waals surface area contributed by atoms with Crippen LogP contribution in [0.2, 0.25) is 0 Å². The summed E-state index contributed by atoms with van der Waals surface area (Å²) in [4.78, 5) is 59.3. The first-order chi connectivity index (χ1) is 19.4. The maximum atomic E-state index is 14.0. The summed E-state index contributed by atoms with van der Waals surface area (Å²) in [5, 5.41) is 2.78. The molecule has 1 aromatic rings. The zero-order chi connectivity index (χ0) is 29.7. The molecule has 10 atom stereocenters. The molecular weight excluding hydrogens is 520 g/mol. The average molecular weight is 565 g/mol. The van der Waals surface area contributed by atoms with Crippen LogP contribution in [0.15, 0.2) is 36.3 Å². The second-order valence-corrected chi connectivity index (χ2v) is 13.3. The van der Waals surface area contributed by atoms with Crippen molar-refractivity contribution in [3.63, 3.8) is 0 Å². The highest BCUT2D eigenvalue weighted by atomic mass is 16.5. The lowest BCUT2D eigenvalue weighted by atomic mass is 9.46. The zero-order valence-electron chi connectivity index (χ0n) is 24.8. The lowest BCUT2D eigenvalue weighted by Gasteiger charge is -2.59. The summed E-state index contributed by atoms with van der Waals surface area (Å²) in [5.41, 5.74) is 6.85. The van der Waals surface area contributed by atoms with E-state index in [0.29, 0.717) is 24.5 Å². The normalized spacial score (nSPS) is 37.2. The number of ether oxygens (including phenoxy) is 1. The molecule has 0 aliphatic heterocycles. The van der Waals surface area contributed by atoms with Crippen molar-refractivity contribution in [2.75, 3.05) is 0 Å². The van der Waals surface area contributed by atoms with Crippen molar-refractivity contribution in [2.45, 2.75) is 91.3 Å². The zero-order valence-corrected chi connectivity index (χ0v) is 24.8. The maximum Gasteiger partial charge on any atom is 0.329 e. The third-order valence-corrected chi connectivity index (χ3v) is 10.8. The van der Waals surface area contributed by atoms with Gasteiger partial charge in [0.2, 0.25) is 5.91 Å². The first kappa shape index (κ1) is 29.4. The number of esters is 1. The van der Waals surface area contributed by atoms with Crippen LogP contribution in [0.4, 0.5) is 0 Å². The fourth-order valence-electron chi connectivity index (χ4n) is 9.02. The molecule has 0 saturated heterocycles. The van der Waals surface area contributed by atoms with Crippen molar-refractivity contribution in [2.24, 2.45) is 46.2 Å². The van der Waals surface area contributed by atoms with Gasteiger partial charge in [-0.15, -0.1) is 0 Å². The molecule has 1 amide bonds. The summed E-state index contributed by atoms with van der Waals surface area (Å²) in [7, 11) is 0. The van der Waals surface area contributed by atoms with Gasteiger partial charge in [0.15, 0.2) is 5.78 Å². The molecule has 0 spiro atoms. The molecule has 4 aliphatic rings. The molecule has 4 aliphatic carbocycles. The Morgan fingerprint density at radius 3 is 2.71 bits per heavy atom. The fourth-order valence-corrected chi connectivity index (χ4v) is 9.02. The lowest BCUT2D eigenvalue weighted by molar-refractivity contribution is -0.177. The highest BCUT2D eigenvalue weighted by Gasteiger charge is 2.65. The van der Waals surface area contributed by atoms with E-state index in [2.05, 4.69) is 36.1 Å². The van der Waals surface area contributed by atoms with Crippen LogP contribution >= 0.6 is 0 Å². The number of amides is 1. The quantitative estimate of drug-likeness (QED) is 0.410. The Labute approximate surface area is 242 Å². The Bertz CT molecular complexity index is 1270. The number of carbonyl (C=O) groups is 4. The molecule has 9 nitrogen and oxygen atoms in total. The molecule has 9 heteroatoms. The highest BCUT2D eigenvalue weighted by molar-refractivity contribution is 6.01. The van der Waals surface area contributed by atoms with Crippen LogP contribution in [0.5, 0.6) is 0 Å². The van der Waals surface area contributed by atoms with E-state index < -0.39 is 35.5 Å². The molecule has 1 aromatic heterocycles. The van der Waals surface area contributed by atoms with E-state index in [9.17, 15) is 19.2 Å². The number of ketones is 2. The fraction of sp³-hybridized carbons (Fsp3) is 0.656. The van der Waals surface area contributed by atoms with E-state index in [1.165, 1.54) is 6.33 Å². The molecule has 0 bridgehead atoms. The molecule has 1 heterocycles. The predicted octanol–water partition coefficient (Wildman–Crippen LogP) is 3.46. The van der Waals surface area contributed by atoms with E-state index in [1.807, 2.05) is 13.0 Å². The van der Waals surface area contributed by atoms with Crippen LogP contribution in [-0.2, 0) is 30.3 Å². The largest absolute Gasteiger partial charge is 0.460 e. The van der Waals surface area contributed by atoms with E-state index in [-0.39, 0.29) is 47.1 Å². The first-order valence-corrected chi connectivity index (χ1v) is 15.1. The van der Waals surface area contributed by atoms with Gasteiger partial charge in [-0.1, -0.05) is 39.3 Å². The number of allylic oxidation sites excluding steroid dienone is 4. The van der Waals surface area contributed by atoms with Gasteiger partial charge in [-0.05, 0) is 67.9 Å². The standard InChI is InChI=1S/C32H44N4O5/c1-6-25(38)27-17(2)11-23-22-8-7-19-12-21(37)9-10-31(19,4)28(22)26(14-32(23,27)5)41-30(40)24(36-29(39)18(3)33)13-20-15-34-16-35-20/h9-10,12,15-18,22-24,26-28H,6-8,11,13-14,33H2,1-5H3,(H,34,35)(H,36,39)/t17-,18?,22+,23+,24?,26+,27-,28-,31+,32+/m1/s1. The van der Waals surface area contributed by atoms with Crippen molar-refractivity contribution < 1.29 is 23.9 Å². The van der Waals surface area contributed by atoms with Crippen LogP contribution < -0.4 is 11.1 Å². The van der Waals surface area contributed by atoms with Gasteiger partial charge in [0.1, 0.15) is 17.9 Å². The number of aromatic nitrogens is 2. The number of nitrogens with zero attached hydrogens (tertiary/aromatic N) is 1. The van der Waals surface area contributed by atoms with Crippen molar-refractivity contribution in [1.82, 2.24) is 15.3 Å². The van der Waals surface area contributed by atoms with Crippen molar-refractivity contribution in [3.05, 3.63) is 42.0 Å². The number of nitrogens with two attached hydrogens (primary N) is 1. The van der Waals surface area contributed by atoms with E-state index >= 15 is 0 Å². The minimum Gasteiger partial charge on any atom is -0.460 e. The molecule has 3 fully saturated rings. The molecular formula is C32H44N4O5. The predicted molar refractivity (Wildman–Crippen MR) is 153 cm³/mol. The van der Waals surface area contributed by atoms with Gasteiger partial charge < -0.3 is 20.8 Å². The second kappa shape index (κ2) is 11.0. The van der Waals surface area contributed by atoms with Gasteiger partial charge in [-0.3, -0.25) is 14.4 Å². The van der Waals surface area contributed by atoms with E-state index in [0.717, 1.165) is 24.8 Å². The summed E-state index contributed by atoms with van der Waals surface area (Å²) in [6, 6.07) is -1.75. The van der Waals surface area contributed by atoms with Crippen LogP contribution in [0, 0.1) is 40.4 Å². The van der Waals surface area contributed by atoms with Gasteiger partial charge in [0, 0.05) is 42.0 Å². The van der Waals surface area contributed by atoms with Crippen LogP contribution in [0.3, 0.4) is 0 Å². The highest BCUT2D eigenvalue weighted by Crippen LogP contribution is 2.67. The summed E-state index contributed by atoms with van der Waals surface area (Å²) in [6.07, 6.45) is 12.0. The number of imidazole rings is 1. The Balaban J connectivity index is 1.52. The smallest absolute Gasteiger partial charge is 0.329 e. The number of Topliss-reactive ketones (excluding diaryl/α,β-unsaturated/α-hetero) is 1. The number of rotatable bonds is 8. The molecule has 41 heavy (non-hydrogen) atoms. The topological polar surface area (TPSA) is 144 Å². The average Bonchev–Trinajstić information content (AvgIpc) is 3.52. The van der Waals surface area contributed by atoms with Crippen LogP contribution in [-0.4, -0.2) is 51.6 Å². The van der Waals surface area contributed by atoms with Crippen LogP contribution in [0.25, 0.3) is 0 Å². The second-order valence-electron chi connectivity index (χ2n) is 13.3. The number of hydrogen-bond donors (Lipinski definition) is 3. The third kappa shape index (κ3) is 5.11. The van der Waals surface area contributed by atoms with E-state index in [1.54, 1.807) is 25.3 Å². The van der Waals surface area contributed by atoms with Gasteiger partial charge >= 0.3 is 5.97 Å². The van der Waals surface area contributed by atoms with Crippen LogP contribution in [0.1, 0.15) is 72.4 Å². The van der Waals surface area contributed by atoms with Crippen molar-refractivity contribution in [3.8, 4) is 0 Å². The molecule has 2 unspecified atom stereocenters. The third-order valence-electron chi connectivity index (χ3n) is 10.8. The number of nitrogens with one attached hydrogen (secondary N) is 2. The summed E-state index contributed by atoms with van der Waals surface area (Å²) in [6.45, 7) is 10.1. The Morgan fingerprint density at radius 1 is 1.29 bits per heavy atom. The lowest BCUT2D eigenvalue weighted by Crippen LogP contribution is -2.58. The monoisotopic (exact) mass is 564 g/mol. The number of H-pyrrole nitrogens is 1. The van der Waals surface area contributed by atoms with Gasteiger partial charge in [-0.2, -0.15) is 0 Å². The Hall–Kier alpha value is -3.07. The summed E-state index contributed by atoms with van der Waals surface area (Å²) < 4.78 is 6.48.